The van der Waals surface area contributed by atoms with Crippen LogP contribution in [0.5, 0.6) is 0 Å². The van der Waals surface area contributed by atoms with E-state index in [9.17, 15) is 0 Å². The second-order valence-electron chi connectivity index (χ2n) is 3.32. The van der Waals surface area contributed by atoms with Crippen LogP contribution in [0.3, 0.4) is 0 Å². The Hall–Kier alpha value is -2.17. The van der Waals surface area contributed by atoms with Gasteiger partial charge in [-0.1, -0.05) is 12.1 Å². The molecule has 2 rings (SSSR count). The summed E-state index contributed by atoms with van der Waals surface area (Å²) in [4.78, 5) is 3.96. The SMILES string of the molecule is N#Cc1ccc(-c2ccnc(C#N)c2Br)cc1. The van der Waals surface area contributed by atoms with Gasteiger partial charge in [0.2, 0.25) is 0 Å². The number of pyridine rings is 1. The van der Waals surface area contributed by atoms with E-state index in [1.165, 1.54) is 0 Å². The summed E-state index contributed by atoms with van der Waals surface area (Å²) in [5, 5.41) is 17.6. The molecule has 1 aromatic carbocycles. The third-order valence-electron chi connectivity index (χ3n) is 2.32. The Morgan fingerprint density at radius 3 is 2.29 bits per heavy atom. The first-order chi connectivity index (χ1) is 8.26. The number of hydrogen-bond acceptors (Lipinski definition) is 3. The van der Waals surface area contributed by atoms with Gasteiger partial charge in [0, 0.05) is 11.8 Å². The Kier molecular flexibility index (Phi) is 3.18. The summed E-state index contributed by atoms with van der Waals surface area (Å²) in [5.41, 5.74) is 2.79. The maximum absolute atomic E-state index is 8.89. The first kappa shape index (κ1) is 11.3. The number of halogens is 1. The molecule has 0 saturated carbocycles. The molecule has 1 aromatic heterocycles. The molecule has 0 unspecified atom stereocenters. The highest BCUT2D eigenvalue weighted by atomic mass is 79.9. The van der Waals surface area contributed by atoms with Crippen LogP contribution in [0, 0.1) is 22.7 Å². The molecule has 0 aliphatic carbocycles. The van der Waals surface area contributed by atoms with Gasteiger partial charge in [0.05, 0.1) is 16.1 Å². The molecule has 17 heavy (non-hydrogen) atoms. The standard InChI is InChI=1S/C13H6BrN3/c14-13-11(5-6-17-12(13)8-16)10-3-1-9(7-15)2-4-10/h1-6H. The van der Waals surface area contributed by atoms with Gasteiger partial charge in [-0.25, -0.2) is 4.98 Å². The van der Waals surface area contributed by atoms with Gasteiger partial charge in [-0.3, -0.25) is 0 Å². The molecule has 0 fully saturated rings. The van der Waals surface area contributed by atoms with Crippen molar-refractivity contribution >= 4 is 15.9 Å². The van der Waals surface area contributed by atoms with Crippen molar-refractivity contribution in [1.82, 2.24) is 4.98 Å². The lowest BCUT2D eigenvalue weighted by Gasteiger charge is -2.05. The van der Waals surface area contributed by atoms with Gasteiger partial charge in [0.1, 0.15) is 6.07 Å². The third kappa shape index (κ3) is 2.18. The summed E-state index contributed by atoms with van der Waals surface area (Å²) in [7, 11) is 0. The van der Waals surface area contributed by atoms with Crippen LogP contribution in [0.1, 0.15) is 11.3 Å². The van der Waals surface area contributed by atoms with Crippen LogP contribution < -0.4 is 0 Å². The van der Waals surface area contributed by atoms with Crippen LogP contribution in [-0.4, -0.2) is 4.98 Å². The molecule has 0 atom stereocenters. The first-order valence-corrected chi connectivity index (χ1v) is 5.60. The molecule has 2 aromatic rings. The molecule has 80 valence electrons. The average molecular weight is 284 g/mol. The lowest BCUT2D eigenvalue weighted by molar-refractivity contribution is 1.25. The minimum absolute atomic E-state index is 0.354. The molecule has 0 radical (unpaired) electrons. The fourth-order valence-corrected chi connectivity index (χ4v) is 2.02. The predicted octanol–water partition coefficient (Wildman–Crippen LogP) is 3.25. The van der Waals surface area contributed by atoms with Gasteiger partial charge in [0.25, 0.3) is 0 Å². The van der Waals surface area contributed by atoms with E-state index in [2.05, 4.69) is 27.0 Å². The molecule has 0 spiro atoms. The van der Waals surface area contributed by atoms with Gasteiger partial charge in [-0.2, -0.15) is 10.5 Å². The van der Waals surface area contributed by atoms with Crippen LogP contribution in [0.15, 0.2) is 41.0 Å². The van der Waals surface area contributed by atoms with Crippen LogP contribution in [0.2, 0.25) is 0 Å². The van der Waals surface area contributed by atoms with Crippen molar-refractivity contribution in [3.8, 4) is 23.3 Å². The summed E-state index contributed by atoms with van der Waals surface area (Å²) < 4.78 is 0.673. The number of nitriles is 2. The summed E-state index contributed by atoms with van der Waals surface area (Å²) in [6, 6.07) is 13.1. The summed E-state index contributed by atoms with van der Waals surface area (Å²) in [5.74, 6) is 0. The smallest absolute Gasteiger partial charge is 0.155 e. The van der Waals surface area contributed by atoms with Crippen LogP contribution in [0.4, 0.5) is 0 Å². The molecule has 1 heterocycles. The Morgan fingerprint density at radius 1 is 1.00 bits per heavy atom. The largest absolute Gasteiger partial charge is 0.244 e. The van der Waals surface area contributed by atoms with E-state index in [1.54, 1.807) is 18.3 Å². The zero-order valence-corrected chi connectivity index (χ0v) is 10.3. The molecule has 0 amide bonds. The second-order valence-corrected chi connectivity index (χ2v) is 4.12. The highest BCUT2D eigenvalue weighted by molar-refractivity contribution is 9.10. The van der Waals surface area contributed by atoms with Crippen molar-refractivity contribution in [2.24, 2.45) is 0 Å². The van der Waals surface area contributed by atoms with E-state index in [1.807, 2.05) is 24.3 Å². The quantitative estimate of drug-likeness (QED) is 0.807. The monoisotopic (exact) mass is 283 g/mol. The Labute approximate surface area is 107 Å². The van der Waals surface area contributed by atoms with E-state index in [0.29, 0.717) is 15.7 Å². The van der Waals surface area contributed by atoms with E-state index >= 15 is 0 Å². The van der Waals surface area contributed by atoms with Gasteiger partial charge in [-0.15, -0.1) is 0 Å². The maximum atomic E-state index is 8.89. The van der Waals surface area contributed by atoms with Crippen LogP contribution >= 0.6 is 15.9 Å². The number of nitrogens with zero attached hydrogens (tertiary/aromatic N) is 3. The number of benzene rings is 1. The molecular formula is C13H6BrN3. The molecule has 4 heteroatoms. The van der Waals surface area contributed by atoms with Gasteiger partial charge >= 0.3 is 0 Å². The molecular weight excluding hydrogens is 278 g/mol. The van der Waals surface area contributed by atoms with Gasteiger partial charge < -0.3 is 0 Å². The van der Waals surface area contributed by atoms with Crippen molar-refractivity contribution in [3.05, 3.63) is 52.3 Å². The van der Waals surface area contributed by atoms with E-state index < -0.39 is 0 Å². The molecule has 0 saturated heterocycles. The summed E-state index contributed by atoms with van der Waals surface area (Å²) in [6.45, 7) is 0. The van der Waals surface area contributed by atoms with E-state index in [4.69, 9.17) is 10.5 Å². The Morgan fingerprint density at radius 2 is 1.71 bits per heavy atom. The van der Waals surface area contributed by atoms with Crippen molar-refractivity contribution in [2.45, 2.75) is 0 Å². The van der Waals surface area contributed by atoms with Gasteiger partial charge in [-0.05, 0) is 39.7 Å². The number of hydrogen-bond donors (Lipinski definition) is 0. The van der Waals surface area contributed by atoms with E-state index in [-0.39, 0.29) is 0 Å². The maximum Gasteiger partial charge on any atom is 0.155 e. The third-order valence-corrected chi connectivity index (χ3v) is 3.12. The van der Waals surface area contributed by atoms with Crippen molar-refractivity contribution in [2.75, 3.05) is 0 Å². The summed E-state index contributed by atoms with van der Waals surface area (Å²) >= 11 is 3.36. The molecule has 0 bridgehead atoms. The molecule has 0 aliphatic rings. The normalized spacial score (nSPS) is 9.35. The second kappa shape index (κ2) is 4.78. The topological polar surface area (TPSA) is 60.5 Å². The number of aromatic nitrogens is 1. The first-order valence-electron chi connectivity index (χ1n) is 4.81. The number of rotatable bonds is 1. The highest BCUT2D eigenvalue weighted by Gasteiger charge is 2.08. The zero-order valence-electron chi connectivity index (χ0n) is 8.68. The van der Waals surface area contributed by atoms with E-state index in [0.717, 1.165) is 11.1 Å². The molecule has 3 nitrogen and oxygen atoms in total. The average Bonchev–Trinajstić information content (AvgIpc) is 2.39. The Bertz CT molecular complexity index is 633. The Balaban J connectivity index is 2.54. The van der Waals surface area contributed by atoms with Crippen molar-refractivity contribution in [1.29, 1.82) is 10.5 Å². The minimum atomic E-state index is 0.354. The lowest BCUT2D eigenvalue weighted by Crippen LogP contribution is -1.88. The van der Waals surface area contributed by atoms with Crippen LogP contribution in [-0.2, 0) is 0 Å². The predicted molar refractivity (Wildman–Crippen MR) is 66.8 cm³/mol. The van der Waals surface area contributed by atoms with Crippen molar-refractivity contribution in [3.63, 3.8) is 0 Å². The van der Waals surface area contributed by atoms with Crippen molar-refractivity contribution < 1.29 is 0 Å². The summed E-state index contributed by atoms with van der Waals surface area (Å²) in [6.07, 6.45) is 1.59. The molecule has 0 N–H and O–H groups in total. The minimum Gasteiger partial charge on any atom is -0.244 e. The zero-order chi connectivity index (χ0) is 12.3. The van der Waals surface area contributed by atoms with Crippen LogP contribution in [0.25, 0.3) is 11.1 Å². The fraction of sp³-hybridized carbons (Fsp3) is 0. The highest BCUT2D eigenvalue weighted by Crippen LogP contribution is 2.29. The molecule has 0 aliphatic heterocycles. The fourth-order valence-electron chi connectivity index (χ4n) is 1.47. The lowest BCUT2D eigenvalue weighted by atomic mass is 10.0. The van der Waals surface area contributed by atoms with Gasteiger partial charge in [0.15, 0.2) is 5.69 Å².